The predicted octanol–water partition coefficient (Wildman–Crippen LogP) is 4.25. The van der Waals surface area contributed by atoms with Gasteiger partial charge in [0.2, 0.25) is 21.8 Å². The van der Waals surface area contributed by atoms with Gasteiger partial charge in [-0.05, 0) is 51.5 Å². The Morgan fingerprint density at radius 1 is 1.03 bits per heavy atom. The number of amides is 2. The van der Waals surface area contributed by atoms with Crippen LogP contribution in [-0.2, 0) is 26.2 Å². The lowest BCUT2D eigenvalue weighted by atomic mass is 10.1. The number of carbonyl (C=O) groups excluding carboxylic acids is 2. The molecule has 2 aromatic carbocycles. The van der Waals surface area contributed by atoms with E-state index in [1.165, 1.54) is 9.21 Å². The minimum absolute atomic E-state index is 0.00204. The van der Waals surface area contributed by atoms with E-state index >= 15 is 0 Å². The first kappa shape index (κ1) is 29.9. The van der Waals surface area contributed by atoms with Gasteiger partial charge in [0, 0.05) is 47.2 Å². The van der Waals surface area contributed by atoms with Gasteiger partial charge in [0.05, 0.1) is 11.9 Å². The number of hydrogen-bond acceptors (Lipinski definition) is 6. The van der Waals surface area contributed by atoms with Gasteiger partial charge in [0.15, 0.2) is 11.5 Å². The van der Waals surface area contributed by atoms with Gasteiger partial charge >= 0.3 is 0 Å². The van der Waals surface area contributed by atoms with Crippen LogP contribution < -0.4 is 19.1 Å². The molecule has 1 N–H and O–H groups in total. The monoisotopic (exact) mass is 585 g/mol. The fraction of sp³-hybridized carbons (Fsp3) is 0.462. The zero-order valence-electron chi connectivity index (χ0n) is 21.9. The normalized spacial score (nSPS) is 13.7. The van der Waals surface area contributed by atoms with Crippen molar-refractivity contribution in [2.75, 3.05) is 30.3 Å². The Balaban J connectivity index is 1.77. The first-order chi connectivity index (χ1) is 17.9. The van der Waals surface area contributed by atoms with E-state index < -0.39 is 16.1 Å². The Bertz CT molecular complexity index is 1250. The van der Waals surface area contributed by atoms with Crippen LogP contribution in [0.1, 0.15) is 39.2 Å². The molecule has 2 aromatic rings. The molecule has 1 heterocycles. The van der Waals surface area contributed by atoms with Gasteiger partial charge in [0.25, 0.3) is 0 Å². The van der Waals surface area contributed by atoms with Crippen LogP contribution >= 0.6 is 23.2 Å². The van der Waals surface area contributed by atoms with E-state index in [0.29, 0.717) is 46.0 Å². The minimum Gasteiger partial charge on any atom is -0.486 e. The molecule has 0 aliphatic carbocycles. The van der Waals surface area contributed by atoms with Crippen molar-refractivity contribution in [3.8, 4) is 11.5 Å². The van der Waals surface area contributed by atoms with Crippen molar-refractivity contribution in [3.63, 3.8) is 0 Å². The molecule has 12 heteroatoms. The molecule has 2 amide bonds. The van der Waals surface area contributed by atoms with Gasteiger partial charge < -0.3 is 19.7 Å². The SMILES string of the molecule is CC(C)NC(=O)C(C)N(Cc1c(Cl)cccc1Cl)C(=O)CCCN(c1ccc2c(c1)OCCO2)S(C)(=O)=O. The molecule has 1 aliphatic heterocycles. The molecule has 0 radical (unpaired) electrons. The van der Waals surface area contributed by atoms with Crippen LogP contribution in [0.25, 0.3) is 0 Å². The summed E-state index contributed by atoms with van der Waals surface area (Å²) in [6, 6.07) is 9.04. The number of carbonyl (C=O) groups is 2. The number of hydrogen-bond donors (Lipinski definition) is 1. The minimum atomic E-state index is -3.65. The Morgan fingerprint density at radius 3 is 2.26 bits per heavy atom. The number of rotatable bonds is 11. The van der Waals surface area contributed by atoms with E-state index in [0.717, 1.165) is 6.26 Å². The Hall–Kier alpha value is -2.69. The molecule has 208 valence electrons. The molecule has 1 atom stereocenters. The molecule has 3 rings (SSSR count). The maximum absolute atomic E-state index is 13.4. The predicted molar refractivity (Wildman–Crippen MR) is 149 cm³/mol. The summed E-state index contributed by atoms with van der Waals surface area (Å²) in [6.07, 6.45) is 1.32. The highest BCUT2D eigenvalue weighted by Crippen LogP contribution is 2.35. The fourth-order valence-electron chi connectivity index (χ4n) is 4.03. The van der Waals surface area contributed by atoms with E-state index in [1.807, 2.05) is 13.8 Å². The number of fused-ring (bicyclic) bond motifs is 1. The van der Waals surface area contributed by atoms with Crippen LogP contribution in [-0.4, -0.2) is 63.2 Å². The highest BCUT2D eigenvalue weighted by Gasteiger charge is 2.28. The van der Waals surface area contributed by atoms with Gasteiger partial charge in [0.1, 0.15) is 19.3 Å². The number of ether oxygens (including phenoxy) is 2. The second-order valence-electron chi connectivity index (χ2n) is 9.33. The molecular formula is C26H33Cl2N3O6S. The summed E-state index contributed by atoms with van der Waals surface area (Å²) in [5, 5.41) is 3.59. The quantitative estimate of drug-likeness (QED) is 0.422. The largest absolute Gasteiger partial charge is 0.486 e. The van der Waals surface area contributed by atoms with Crippen molar-refractivity contribution in [2.45, 2.75) is 52.2 Å². The van der Waals surface area contributed by atoms with Crippen LogP contribution in [0.3, 0.4) is 0 Å². The number of nitrogens with zero attached hydrogens (tertiary/aromatic N) is 2. The van der Waals surface area contributed by atoms with Crippen LogP contribution in [0.15, 0.2) is 36.4 Å². The molecule has 38 heavy (non-hydrogen) atoms. The molecule has 1 aliphatic rings. The van der Waals surface area contributed by atoms with Gasteiger partial charge in [-0.2, -0.15) is 0 Å². The van der Waals surface area contributed by atoms with E-state index in [2.05, 4.69) is 5.32 Å². The van der Waals surface area contributed by atoms with Crippen molar-refractivity contribution >= 4 is 50.7 Å². The van der Waals surface area contributed by atoms with E-state index in [-0.39, 0.29) is 43.8 Å². The van der Waals surface area contributed by atoms with E-state index in [1.54, 1.807) is 43.3 Å². The van der Waals surface area contributed by atoms with Crippen molar-refractivity contribution < 1.29 is 27.5 Å². The van der Waals surface area contributed by atoms with Gasteiger partial charge in [-0.1, -0.05) is 29.3 Å². The van der Waals surface area contributed by atoms with Crippen LogP contribution in [0.4, 0.5) is 5.69 Å². The second-order valence-corrected chi connectivity index (χ2v) is 12.0. The molecular weight excluding hydrogens is 553 g/mol. The third-order valence-corrected chi connectivity index (χ3v) is 7.86. The molecule has 9 nitrogen and oxygen atoms in total. The highest BCUT2D eigenvalue weighted by atomic mass is 35.5. The van der Waals surface area contributed by atoms with E-state index in [9.17, 15) is 18.0 Å². The second kappa shape index (κ2) is 12.9. The van der Waals surface area contributed by atoms with Crippen LogP contribution in [0.5, 0.6) is 11.5 Å². The molecule has 0 saturated heterocycles. The van der Waals surface area contributed by atoms with Crippen molar-refractivity contribution in [1.82, 2.24) is 10.2 Å². The third kappa shape index (κ3) is 7.68. The van der Waals surface area contributed by atoms with Crippen molar-refractivity contribution in [2.24, 2.45) is 0 Å². The first-order valence-electron chi connectivity index (χ1n) is 12.3. The molecule has 0 aromatic heterocycles. The highest BCUT2D eigenvalue weighted by molar-refractivity contribution is 7.92. The Labute approximate surface area is 234 Å². The molecule has 0 bridgehead atoms. The van der Waals surface area contributed by atoms with Gasteiger partial charge in [-0.25, -0.2) is 8.42 Å². The summed E-state index contributed by atoms with van der Waals surface area (Å²) in [6.45, 7) is 6.18. The summed E-state index contributed by atoms with van der Waals surface area (Å²) in [5.74, 6) is 0.367. The lowest BCUT2D eigenvalue weighted by Crippen LogP contribution is -2.49. The Kier molecular flexibility index (Phi) is 10.1. The number of benzene rings is 2. The average molecular weight is 587 g/mol. The first-order valence-corrected chi connectivity index (χ1v) is 14.9. The number of nitrogens with one attached hydrogen (secondary N) is 1. The molecule has 1 unspecified atom stereocenters. The average Bonchev–Trinajstić information content (AvgIpc) is 2.84. The maximum atomic E-state index is 13.4. The maximum Gasteiger partial charge on any atom is 0.242 e. The number of halogens is 2. The summed E-state index contributed by atoms with van der Waals surface area (Å²) < 4.78 is 37.5. The summed E-state index contributed by atoms with van der Waals surface area (Å²) in [4.78, 5) is 27.6. The lowest BCUT2D eigenvalue weighted by molar-refractivity contribution is -0.140. The van der Waals surface area contributed by atoms with Crippen LogP contribution in [0, 0.1) is 0 Å². The van der Waals surface area contributed by atoms with Gasteiger partial charge in [-0.3, -0.25) is 13.9 Å². The van der Waals surface area contributed by atoms with Gasteiger partial charge in [-0.15, -0.1) is 0 Å². The fourth-order valence-corrected chi connectivity index (χ4v) is 5.51. The molecule has 0 saturated carbocycles. The Morgan fingerprint density at radius 2 is 1.66 bits per heavy atom. The third-order valence-electron chi connectivity index (χ3n) is 5.95. The van der Waals surface area contributed by atoms with Crippen LogP contribution in [0.2, 0.25) is 10.0 Å². The number of sulfonamides is 1. The zero-order chi connectivity index (χ0) is 28.0. The topological polar surface area (TPSA) is 105 Å². The zero-order valence-corrected chi connectivity index (χ0v) is 24.2. The molecule has 0 spiro atoms. The lowest BCUT2D eigenvalue weighted by Gasteiger charge is -2.30. The summed E-state index contributed by atoms with van der Waals surface area (Å²) in [7, 11) is -3.65. The summed E-state index contributed by atoms with van der Waals surface area (Å²) in [5.41, 5.74) is 0.941. The van der Waals surface area contributed by atoms with Crippen molar-refractivity contribution in [3.05, 3.63) is 52.0 Å². The standard InChI is InChI=1S/C26H33Cl2N3O6S/c1-17(2)29-26(33)18(3)30(16-20-21(27)7-5-8-22(20)28)25(32)9-6-12-31(38(4,34)35)19-10-11-23-24(15-19)37-14-13-36-23/h5,7-8,10-11,15,17-18H,6,9,12-14,16H2,1-4H3,(H,29,33). The van der Waals surface area contributed by atoms with Crippen molar-refractivity contribution in [1.29, 1.82) is 0 Å². The smallest absolute Gasteiger partial charge is 0.242 e. The number of anilines is 1. The van der Waals surface area contributed by atoms with E-state index in [4.69, 9.17) is 32.7 Å². The molecule has 0 fully saturated rings. The summed E-state index contributed by atoms with van der Waals surface area (Å²) >= 11 is 12.7.